The maximum Gasteiger partial charge on any atom is 0.143 e. The van der Waals surface area contributed by atoms with E-state index in [1.54, 1.807) is 0 Å². The number of hydrogen-bond donors (Lipinski definition) is 0. The number of fused-ring (bicyclic) bond motifs is 11. The first-order valence-electron chi connectivity index (χ1n) is 16.9. The Kier molecular flexibility index (Phi) is 5.83. The Morgan fingerprint density at radius 3 is 2.10 bits per heavy atom. The van der Waals surface area contributed by atoms with E-state index in [9.17, 15) is 0 Å². The lowest BCUT2D eigenvalue weighted by molar-refractivity contribution is 0.672. The van der Waals surface area contributed by atoms with Gasteiger partial charge in [0.1, 0.15) is 11.2 Å². The Bertz CT molecular complexity index is 3110. The van der Waals surface area contributed by atoms with Crippen LogP contribution in [0.25, 0.3) is 80.4 Å². The van der Waals surface area contributed by atoms with Crippen LogP contribution in [0.5, 0.6) is 0 Å². The molecule has 0 aliphatic rings. The quantitative estimate of drug-likeness (QED) is 0.188. The van der Waals surface area contributed by atoms with Crippen molar-refractivity contribution in [2.45, 2.75) is 0 Å². The zero-order valence-corrected chi connectivity index (χ0v) is 27.7. The average Bonchev–Trinajstić information content (AvgIpc) is 3.86. The van der Waals surface area contributed by atoms with Gasteiger partial charge in [-0.05, 0) is 78.2 Å². The van der Waals surface area contributed by atoms with Crippen molar-refractivity contribution in [1.29, 1.82) is 0 Å². The first-order chi connectivity index (χ1) is 24.8. The van der Waals surface area contributed by atoms with Crippen molar-refractivity contribution in [2.75, 3.05) is 4.90 Å². The topological polar surface area (TPSA) is 21.3 Å². The molecule has 0 spiro atoms. The van der Waals surface area contributed by atoms with Crippen LogP contribution in [-0.2, 0) is 0 Å². The SMILES string of the molecule is c1ccc(-n2c3ccccc3c3cccc(N(c4ccc5c(ccc6c7ccccc7oc56)c4)c4cccc5sc6ccccc6c45)c32)cc1. The van der Waals surface area contributed by atoms with Crippen LogP contribution >= 0.6 is 11.3 Å². The van der Waals surface area contributed by atoms with Gasteiger partial charge in [0.2, 0.25) is 0 Å². The lowest BCUT2D eigenvalue weighted by Gasteiger charge is -2.28. The maximum atomic E-state index is 6.47. The Morgan fingerprint density at radius 2 is 1.18 bits per heavy atom. The Labute approximate surface area is 291 Å². The van der Waals surface area contributed by atoms with Crippen LogP contribution in [-0.4, -0.2) is 4.57 Å². The number of rotatable bonds is 4. The van der Waals surface area contributed by atoms with Gasteiger partial charge in [-0.25, -0.2) is 0 Å². The van der Waals surface area contributed by atoms with Crippen LogP contribution in [0.1, 0.15) is 0 Å². The smallest absolute Gasteiger partial charge is 0.143 e. The van der Waals surface area contributed by atoms with Gasteiger partial charge in [0.25, 0.3) is 0 Å². The summed E-state index contributed by atoms with van der Waals surface area (Å²) in [6.07, 6.45) is 0. The number of thiophene rings is 1. The maximum absolute atomic E-state index is 6.47. The third-order valence-corrected chi connectivity index (χ3v) is 11.3. The van der Waals surface area contributed by atoms with Gasteiger partial charge >= 0.3 is 0 Å². The Hall–Kier alpha value is -6.36. The van der Waals surface area contributed by atoms with Gasteiger partial charge in [0, 0.05) is 58.5 Å². The minimum absolute atomic E-state index is 0.914. The zero-order valence-electron chi connectivity index (χ0n) is 26.9. The van der Waals surface area contributed by atoms with Crippen molar-refractivity contribution in [3.8, 4) is 5.69 Å². The van der Waals surface area contributed by atoms with E-state index < -0.39 is 0 Å². The van der Waals surface area contributed by atoms with Crippen LogP contribution in [0.3, 0.4) is 0 Å². The standard InChI is InChI=1S/C46H28N2OS/c1-2-12-30(13-3-1)48-38-18-7-4-14-33(38)35-17-10-20-40(45(35)48)47(39-19-11-23-43-44(39)37-16-6-9-22-42(37)50-43)31-25-27-32-29(28-31)24-26-36-34-15-5-8-21-41(34)49-46(32)36/h1-28H. The van der Waals surface area contributed by atoms with E-state index in [0.717, 1.165) is 55.5 Å². The zero-order chi connectivity index (χ0) is 32.8. The largest absolute Gasteiger partial charge is 0.455 e. The van der Waals surface area contributed by atoms with Crippen LogP contribution in [0.2, 0.25) is 0 Å². The molecule has 0 atom stereocenters. The van der Waals surface area contributed by atoms with E-state index in [1.165, 1.54) is 42.0 Å². The first-order valence-corrected chi connectivity index (χ1v) is 17.8. The summed E-state index contributed by atoms with van der Waals surface area (Å²) in [4.78, 5) is 2.48. The van der Waals surface area contributed by atoms with Gasteiger partial charge in [0.05, 0.1) is 22.4 Å². The third-order valence-electron chi connectivity index (χ3n) is 10.2. The van der Waals surface area contributed by atoms with E-state index >= 15 is 0 Å². The molecule has 0 bridgehead atoms. The van der Waals surface area contributed by atoms with Crippen LogP contribution in [0.15, 0.2) is 174 Å². The summed E-state index contributed by atoms with van der Waals surface area (Å²) in [6, 6.07) is 61.3. The van der Waals surface area contributed by atoms with E-state index in [4.69, 9.17) is 4.42 Å². The predicted molar refractivity (Wildman–Crippen MR) is 213 cm³/mol. The van der Waals surface area contributed by atoms with Crippen molar-refractivity contribution in [1.82, 2.24) is 4.57 Å². The Morgan fingerprint density at radius 1 is 0.480 bits per heavy atom. The number of furan rings is 1. The molecule has 11 aromatic rings. The molecule has 0 fully saturated rings. The van der Waals surface area contributed by atoms with E-state index in [2.05, 4.69) is 173 Å². The molecule has 8 aromatic carbocycles. The molecule has 0 saturated heterocycles. The fourth-order valence-corrected chi connectivity index (χ4v) is 9.14. The number of anilines is 3. The molecule has 50 heavy (non-hydrogen) atoms. The summed E-state index contributed by atoms with van der Waals surface area (Å²) in [7, 11) is 0. The van der Waals surface area contributed by atoms with Crippen molar-refractivity contribution in [3.05, 3.63) is 170 Å². The second-order valence-corrected chi connectivity index (χ2v) is 14.0. The minimum atomic E-state index is 0.914. The predicted octanol–water partition coefficient (Wildman–Crippen LogP) is 13.7. The van der Waals surface area contributed by atoms with Crippen LogP contribution in [0, 0.1) is 0 Å². The minimum Gasteiger partial charge on any atom is -0.455 e. The van der Waals surface area contributed by atoms with Crippen molar-refractivity contribution < 1.29 is 4.42 Å². The molecule has 0 unspecified atom stereocenters. The molecule has 0 radical (unpaired) electrons. The summed E-state index contributed by atoms with van der Waals surface area (Å²) >= 11 is 1.85. The number of aromatic nitrogens is 1. The molecule has 0 aliphatic carbocycles. The van der Waals surface area contributed by atoms with Crippen LogP contribution < -0.4 is 4.90 Å². The van der Waals surface area contributed by atoms with Crippen molar-refractivity contribution in [3.63, 3.8) is 0 Å². The number of para-hydroxylation sites is 4. The molecule has 0 N–H and O–H groups in total. The number of benzene rings is 8. The fraction of sp³-hybridized carbons (Fsp3) is 0. The van der Waals surface area contributed by atoms with E-state index in [-0.39, 0.29) is 0 Å². The summed E-state index contributed by atoms with van der Waals surface area (Å²) < 4.78 is 11.5. The normalized spacial score (nSPS) is 12.0. The van der Waals surface area contributed by atoms with E-state index in [1.807, 2.05) is 17.4 Å². The molecule has 11 rings (SSSR count). The highest BCUT2D eigenvalue weighted by molar-refractivity contribution is 7.26. The summed E-state index contributed by atoms with van der Waals surface area (Å²) in [5.74, 6) is 0. The number of hydrogen-bond acceptors (Lipinski definition) is 3. The van der Waals surface area contributed by atoms with Gasteiger partial charge in [-0.2, -0.15) is 0 Å². The average molecular weight is 657 g/mol. The molecular weight excluding hydrogens is 629 g/mol. The van der Waals surface area contributed by atoms with Gasteiger partial charge in [-0.15, -0.1) is 11.3 Å². The van der Waals surface area contributed by atoms with Gasteiger partial charge in [-0.3, -0.25) is 0 Å². The van der Waals surface area contributed by atoms with Gasteiger partial charge in [0.15, 0.2) is 0 Å². The lowest BCUT2D eigenvalue weighted by atomic mass is 10.0. The van der Waals surface area contributed by atoms with Crippen molar-refractivity contribution >= 4 is 103 Å². The second kappa shape index (κ2) is 10.6. The summed E-state index contributed by atoms with van der Waals surface area (Å²) in [5, 5.41) is 9.53. The van der Waals surface area contributed by atoms with Crippen LogP contribution in [0.4, 0.5) is 17.1 Å². The summed E-state index contributed by atoms with van der Waals surface area (Å²) in [6.45, 7) is 0. The number of nitrogens with zero attached hydrogens (tertiary/aromatic N) is 2. The molecule has 4 heteroatoms. The molecule has 3 aromatic heterocycles. The molecule has 0 saturated carbocycles. The molecule has 234 valence electrons. The van der Waals surface area contributed by atoms with Gasteiger partial charge < -0.3 is 13.9 Å². The monoisotopic (exact) mass is 656 g/mol. The highest BCUT2D eigenvalue weighted by atomic mass is 32.1. The molecule has 0 aliphatic heterocycles. The Balaban J connectivity index is 1.26. The molecule has 0 amide bonds. The summed E-state index contributed by atoms with van der Waals surface area (Å²) in [5.41, 5.74) is 8.70. The molecule has 3 nitrogen and oxygen atoms in total. The fourth-order valence-electron chi connectivity index (χ4n) is 8.01. The third kappa shape index (κ3) is 3.91. The second-order valence-electron chi connectivity index (χ2n) is 12.9. The van der Waals surface area contributed by atoms with Crippen molar-refractivity contribution in [2.24, 2.45) is 0 Å². The molecule has 3 heterocycles. The highest BCUT2D eigenvalue weighted by Gasteiger charge is 2.24. The van der Waals surface area contributed by atoms with E-state index in [0.29, 0.717) is 0 Å². The molecular formula is C46H28N2OS. The van der Waals surface area contributed by atoms with Gasteiger partial charge in [-0.1, -0.05) is 97.1 Å². The first kappa shape index (κ1) is 27.6. The highest BCUT2D eigenvalue weighted by Crippen LogP contribution is 2.48. The lowest BCUT2D eigenvalue weighted by Crippen LogP contribution is -2.12.